The molecule has 4 aliphatic carbocycles. The van der Waals surface area contributed by atoms with Crippen LogP contribution in [-0.4, -0.2) is 0 Å². The Labute approximate surface area is 203 Å². The van der Waals surface area contributed by atoms with Gasteiger partial charge in [0.1, 0.15) is 0 Å². The van der Waals surface area contributed by atoms with Crippen LogP contribution in [0.5, 0.6) is 0 Å². The van der Waals surface area contributed by atoms with Gasteiger partial charge >= 0.3 is 0 Å². The second kappa shape index (κ2) is 6.77. The minimum Gasteiger partial charge on any atom is -0.0996 e. The highest BCUT2D eigenvalue weighted by Gasteiger charge is 2.66. The molecule has 0 heteroatoms. The van der Waals surface area contributed by atoms with E-state index >= 15 is 0 Å². The summed E-state index contributed by atoms with van der Waals surface area (Å²) in [5, 5.41) is 2.67. The molecule has 0 spiro atoms. The van der Waals surface area contributed by atoms with Gasteiger partial charge in [0.05, 0.1) is 0 Å². The summed E-state index contributed by atoms with van der Waals surface area (Å²) >= 11 is 0. The fourth-order valence-corrected chi connectivity index (χ4v) is 9.06. The van der Waals surface area contributed by atoms with Crippen molar-refractivity contribution in [3.63, 3.8) is 0 Å². The first-order chi connectivity index (χ1) is 15.2. The summed E-state index contributed by atoms with van der Waals surface area (Å²) < 4.78 is 0. The largest absolute Gasteiger partial charge is 0.0996 e. The molecule has 0 heterocycles. The van der Waals surface area contributed by atoms with E-state index in [1.165, 1.54) is 72.1 Å². The quantitative estimate of drug-likeness (QED) is 0.391. The van der Waals surface area contributed by atoms with Gasteiger partial charge in [0.2, 0.25) is 0 Å². The third-order valence-corrected chi connectivity index (χ3v) is 12.4. The van der Waals surface area contributed by atoms with E-state index < -0.39 is 0 Å². The average molecular weight is 443 g/mol. The molecule has 1 aromatic rings. The van der Waals surface area contributed by atoms with Crippen LogP contribution in [0.15, 0.2) is 29.9 Å². The molecule has 0 bridgehead atoms. The van der Waals surface area contributed by atoms with Gasteiger partial charge in [-0.3, -0.25) is 0 Å². The first-order valence-corrected chi connectivity index (χ1v) is 13.4. The lowest BCUT2D eigenvalue weighted by atomic mass is 9.34. The lowest BCUT2D eigenvalue weighted by Crippen LogP contribution is -2.62. The van der Waals surface area contributed by atoms with Gasteiger partial charge in [-0.2, -0.15) is 0 Å². The van der Waals surface area contributed by atoms with Crippen LogP contribution in [0.1, 0.15) is 103 Å². The van der Waals surface area contributed by atoms with Crippen molar-refractivity contribution in [1.29, 1.82) is 0 Å². The summed E-state index contributed by atoms with van der Waals surface area (Å²) in [5.74, 6) is 0.759. The number of rotatable bonds is 1. The van der Waals surface area contributed by atoms with E-state index in [1.54, 1.807) is 11.1 Å². The van der Waals surface area contributed by atoms with Crippen LogP contribution in [-0.2, 0) is 5.41 Å². The predicted molar refractivity (Wildman–Crippen MR) is 144 cm³/mol. The van der Waals surface area contributed by atoms with Crippen molar-refractivity contribution in [2.75, 3.05) is 0 Å². The minimum absolute atomic E-state index is 0.128. The molecule has 0 N–H and O–H groups in total. The SMILES string of the molecule is C=C(C)[C@]1(C)CC[C@]2(C)CC[C@]3(C)C4=CC=c5c(cc(=C)c(C)c5C)[C@]4(C)CC[C@@]3(C)[C@@H]2C1. The van der Waals surface area contributed by atoms with Gasteiger partial charge in [-0.05, 0) is 120 Å². The highest BCUT2D eigenvalue weighted by atomic mass is 14.7. The summed E-state index contributed by atoms with van der Waals surface area (Å²) in [4.78, 5) is 0. The normalized spacial score (nSPS) is 43.9. The Kier molecular flexibility index (Phi) is 4.76. The van der Waals surface area contributed by atoms with Crippen LogP contribution in [0.2, 0.25) is 0 Å². The van der Waals surface area contributed by atoms with Gasteiger partial charge in [-0.25, -0.2) is 0 Å². The lowest BCUT2D eigenvalue weighted by Gasteiger charge is -2.70. The molecule has 0 nitrogen and oxygen atoms in total. The standard InChI is InChI=1S/C33H46/c1-21(2)30(7)14-13-29(6)15-17-32(9)27-12-11-25-24(5)23(4)22(3)19-26(25)31(27,8)16-18-33(32,10)28(29)20-30/h11-12,19,28H,1,3,13-18,20H2,2,4-10H3/t28-,29-,30-,31+,32-,33+/m1/s1. The molecule has 178 valence electrons. The summed E-state index contributed by atoms with van der Waals surface area (Å²) in [7, 11) is 0. The Hall–Kier alpha value is -1.56. The van der Waals surface area contributed by atoms with Crippen molar-refractivity contribution < 1.29 is 0 Å². The zero-order chi connectivity index (χ0) is 24.2. The van der Waals surface area contributed by atoms with Crippen molar-refractivity contribution in [1.82, 2.24) is 0 Å². The summed E-state index contributed by atoms with van der Waals surface area (Å²) in [6.07, 6.45) is 14.3. The fraction of sp³-hybridized carbons (Fsp3) is 0.636. The van der Waals surface area contributed by atoms with E-state index in [0.717, 1.165) is 5.92 Å². The monoisotopic (exact) mass is 442 g/mol. The van der Waals surface area contributed by atoms with Crippen molar-refractivity contribution in [3.8, 4) is 0 Å². The van der Waals surface area contributed by atoms with Crippen molar-refractivity contribution in [2.24, 2.45) is 27.6 Å². The van der Waals surface area contributed by atoms with E-state index in [4.69, 9.17) is 0 Å². The van der Waals surface area contributed by atoms with Crippen molar-refractivity contribution >= 4 is 12.7 Å². The first-order valence-electron chi connectivity index (χ1n) is 13.4. The Morgan fingerprint density at radius 3 is 2.21 bits per heavy atom. The molecule has 6 atom stereocenters. The molecule has 0 unspecified atom stereocenters. The van der Waals surface area contributed by atoms with Gasteiger partial charge in [0, 0.05) is 5.41 Å². The lowest BCUT2D eigenvalue weighted by molar-refractivity contribution is -0.154. The average Bonchev–Trinajstić information content (AvgIpc) is 2.75. The number of hydrogen-bond acceptors (Lipinski definition) is 0. The molecular weight excluding hydrogens is 396 g/mol. The van der Waals surface area contributed by atoms with Gasteiger partial charge < -0.3 is 0 Å². The smallest absolute Gasteiger partial charge is 0.0148 e. The molecule has 0 aromatic heterocycles. The second-order valence-electron chi connectivity index (χ2n) is 13.8. The highest BCUT2D eigenvalue weighted by Crippen LogP contribution is 2.74. The van der Waals surface area contributed by atoms with Gasteiger partial charge in [-0.1, -0.05) is 77.1 Å². The minimum atomic E-state index is 0.128. The summed E-state index contributed by atoms with van der Waals surface area (Å²) in [6, 6.07) is 2.43. The molecule has 1 aromatic carbocycles. The Balaban J connectivity index is 1.68. The molecule has 0 saturated heterocycles. The summed E-state index contributed by atoms with van der Waals surface area (Å²) in [6.45, 7) is 28.7. The van der Waals surface area contributed by atoms with Crippen molar-refractivity contribution in [3.05, 3.63) is 57.0 Å². The summed E-state index contributed by atoms with van der Waals surface area (Å²) in [5.41, 5.74) is 8.90. The van der Waals surface area contributed by atoms with Crippen LogP contribution in [0.4, 0.5) is 0 Å². The third kappa shape index (κ3) is 2.76. The number of fused-ring (bicyclic) bond motifs is 7. The van der Waals surface area contributed by atoms with E-state index in [0.29, 0.717) is 16.2 Å². The third-order valence-electron chi connectivity index (χ3n) is 12.4. The van der Waals surface area contributed by atoms with Crippen LogP contribution in [0, 0.1) is 41.4 Å². The van der Waals surface area contributed by atoms with Crippen LogP contribution in [0.25, 0.3) is 12.7 Å². The molecule has 3 fully saturated rings. The molecular formula is C33H46. The van der Waals surface area contributed by atoms with E-state index in [1.807, 2.05) is 0 Å². The first kappa shape index (κ1) is 23.2. The van der Waals surface area contributed by atoms with Crippen molar-refractivity contribution in [2.45, 2.75) is 106 Å². The zero-order valence-electron chi connectivity index (χ0n) is 22.7. The van der Waals surface area contributed by atoms with Gasteiger partial charge in [-0.15, -0.1) is 0 Å². The number of benzene rings is 1. The molecule has 0 amide bonds. The second-order valence-corrected chi connectivity index (χ2v) is 13.8. The van der Waals surface area contributed by atoms with Crippen LogP contribution < -0.4 is 10.4 Å². The van der Waals surface area contributed by atoms with Gasteiger partial charge in [0.15, 0.2) is 0 Å². The molecule has 4 aliphatic rings. The molecule has 3 saturated carbocycles. The zero-order valence-corrected chi connectivity index (χ0v) is 22.7. The fourth-order valence-electron chi connectivity index (χ4n) is 9.06. The predicted octanol–water partition coefficient (Wildman–Crippen LogP) is 7.68. The van der Waals surface area contributed by atoms with E-state index in [9.17, 15) is 0 Å². The maximum Gasteiger partial charge on any atom is 0.0148 e. The molecule has 0 aliphatic heterocycles. The molecule has 33 heavy (non-hydrogen) atoms. The number of allylic oxidation sites excluding steroid dienone is 3. The molecule has 0 radical (unpaired) electrons. The number of hydrogen-bond donors (Lipinski definition) is 0. The Morgan fingerprint density at radius 2 is 1.55 bits per heavy atom. The Bertz CT molecular complexity index is 1200. The van der Waals surface area contributed by atoms with E-state index in [-0.39, 0.29) is 10.8 Å². The van der Waals surface area contributed by atoms with Gasteiger partial charge in [0.25, 0.3) is 0 Å². The maximum absolute atomic E-state index is 4.46. The topological polar surface area (TPSA) is 0 Å². The molecule has 5 rings (SSSR count). The van der Waals surface area contributed by atoms with Crippen LogP contribution >= 0.6 is 0 Å². The highest BCUT2D eigenvalue weighted by molar-refractivity contribution is 5.59. The maximum atomic E-state index is 4.46. The van der Waals surface area contributed by atoms with Crippen LogP contribution in [0.3, 0.4) is 0 Å². The van der Waals surface area contributed by atoms with E-state index in [2.05, 4.69) is 86.8 Å². The Morgan fingerprint density at radius 1 is 0.879 bits per heavy atom.